The molecule has 4 atom stereocenters. The number of aromatic nitrogens is 2. The highest BCUT2D eigenvalue weighted by atomic mass is 35.5. The average Bonchev–Trinajstić information content (AvgIpc) is 2.58. The maximum atomic E-state index is 12.3. The van der Waals surface area contributed by atoms with E-state index in [9.17, 15) is 4.79 Å². The van der Waals surface area contributed by atoms with Crippen molar-refractivity contribution in [3.8, 4) is 0 Å². The monoisotopic (exact) mass is 303 g/mol. The number of hydrogen-bond donors (Lipinski definition) is 1. The molecule has 7 heteroatoms. The lowest BCUT2D eigenvalue weighted by atomic mass is 9.89. The van der Waals surface area contributed by atoms with Crippen LogP contribution in [0.3, 0.4) is 0 Å². The average molecular weight is 304 g/mol. The molecule has 0 radical (unpaired) electrons. The SMILES string of the molecule is CC1OC(C)C(C(=O)Nc2c(Cl)ncnc2Cl)C1C. The zero-order valence-corrected chi connectivity index (χ0v) is 12.4. The zero-order valence-electron chi connectivity index (χ0n) is 10.9. The van der Waals surface area contributed by atoms with Gasteiger partial charge < -0.3 is 10.1 Å². The highest BCUT2D eigenvalue weighted by Gasteiger charge is 2.41. The summed E-state index contributed by atoms with van der Waals surface area (Å²) in [6.07, 6.45) is 1.14. The van der Waals surface area contributed by atoms with Crippen molar-refractivity contribution in [2.24, 2.45) is 11.8 Å². The van der Waals surface area contributed by atoms with E-state index in [1.807, 2.05) is 20.8 Å². The minimum absolute atomic E-state index is 0.0451. The van der Waals surface area contributed by atoms with Crippen LogP contribution in [0.4, 0.5) is 5.69 Å². The topological polar surface area (TPSA) is 64.1 Å². The van der Waals surface area contributed by atoms with Crippen molar-refractivity contribution >= 4 is 34.8 Å². The highest BCUT2D eigenvalue weighted by molar-refractivity contribution is 6.38. The molecule has 0 aromatic carbocycles. The van der Waals surface area contributed by atoms with Crippen LogP contribution in [0.1, 0.15) is 20.8 Å². The molecule has 1 amide bonds. The van der Waals surface area contributed by atoms with Crippen molar-refractivity contribution < 1.29 is 9.53 Å². The van der Waals surface area contributed by atoms with Gasteiger partial charge >= 0.3 is 0 Å². The van der Waals surface area contributed by atoms with Gasteiger partial charge in [0.25, 0.3) is 0 Å². The predicted octanol–water partition coefficient (Wildman–Crippen LogP) is 2.78. The van der Waals surface area contributed by atoms with Gasteiger partial charge in [-0.25, -0.2) is 9.97 Å². The number of halogens is 2. The maximum absolute atomic E-state index is 12.3. The summed E-state index contributed by atoms with van der Waals surface area (Å²) < 4.78 is 5.65. The number of rotatable bonds is 2. The van der Waals surface area contributed by atoms with Gasteiger partial charge in [0.2, 0.25) is 5.91 Å². The molecule has 1 aliphatic heterocycles. The molecule has 1 fully saturated rings. The Morgan fingerprint density at radius 3 is 2.26 bits per heavy atom. The number of nitrogens with one attached hydrogen (secondary N) is 1. The van der Waals surface area contributed by atoms with E-state index >= 15 is 0 Å². The zero-order chi connectivity index (χ0) is 14.2. The lowest BCUT2D eigenvalue weighted by Gasteiger charge is -2.18. The largest absolute Gasteiger partial charge is 0.374 e. The number of carbonyl (C=O) groups is 1. The number of ether oxygens (including phenoxy) is 1. The second-order valence-corrected chi connectivity index (χ2v) is 5.47. The third-order valence-corrected chi connectivity index (χ3v) is 4.12. The molecule has 0 bridgehead atoms. The van der Waals surface area contributed by atoms with Gasteiger partial charge in [0.1, 0.15) is 12.0 Å². The number of hydrogen-bond acceptors (Lipinski definition) is 4. The van der Waals surface area contributed by atoms with Crippen LogP contribution in [0.5, 0.6) is 0 Å². The van der Waals surface area contributed by atoms with E-state index in [2.05, 4.69) is 15.3 Å². The Morgan fingerprint density at radius 2 is 1.79 bits per heavy atom. The molecule has 0 aliphatic carbocycles. The van der Waals surface area contributed by atoms with Gasteiger partial charge in [0, 0.05) is 0 Å². The molecular formula is C12H15Cl2N3O2. The molecule has 2 rings (SSSR count). The summed E-state index contributed by atoms with van der Waals surface area (Å²) >= 11 is 11.8. The fraction of sp³-hybridized carbons (Fsp3) is 0.583. The quantitative estimate of drug-likeness (QED) is 0.853. The van der Waals surface area contributed by atoms with Crippen LogP contribution in [-0.2, 0) is 9.53 Å². The summed E-state index contributed by atoms with van der Waals surface area (Å²) in [6, 6.07) is 0. The standard InChI is InChI=1S/C12H15Cl2N3O2/c1-5-6(2)19-7(3)8(5)12(18)17-9-10(13)15-4-16-11(9)14/h4-8H,1-3H3,(H,17,18). The van der Waals surface area contributed by atoms with Crippen molar-refractivity contribution in [3.05, 3.63) is 16.6 Å². The van der Waals surface area contributed by atoms with Crippen molar-refractivity contribution in [1.82, 2.24) is 9.97 Å². The first-order valence-corrected chi connectivity index (χ1v) is 6.79. The van der Waals surface area contributed by atoms with Crippen LogP contribution in [0, 0.1) is 11.8 Å². The van der Waals surface area contributed by atoms with Crippen LogP contribution < -0.4 is 5.32 Å². The molecular weight excluding hydrogens is 289 g/mol. The Balaban J connectivity index is 2.18. The van der Waals surface area contributed by atoms with Gasteiger partial charge in [-0.2, -0.15) is 0 Å². The summed E-state index contributed by atoms with van der Waals surface area (Å²) in [5.41, 5.74) is 0.245. The van der Waals surface area contributed by atoms with Gasteiger partial charge in [-0.15, -0.1) is 0 Å². The van der Waals surface area contributed by atoms with E-state index in [4.69, 9.17) is 27.9 Å². The van der Waals surface area contributed by atoms with Gasteiger partial charge in [-0.05, 0) is 19.8 Å². The van der Waals surface area contributed by atoms with Crippen molar-refractivity contribution in [1.29, 1.82) is 0 Å². The van der Waals surface area contributed by atoms with E-state index in [1.54, 1.807) is 0 Å². The lowest BCUT2D eigenvalue weighted by molar-refractivity contribution is -0.121. The number of anilines is 1. The molecule has 1 N–H and O–H groups in total. The summed E-state index contributed by atoms with van der Waals surface area (Å²) in [5, 5.41) is 2.95. The first kappa shape index (κ1) is 14.5. The molecule has 2 heterocycles. The Bertz CT molecular complexity index is 478. The fourth-order valence-electron chi connectivity index (χ4n) is 2.37. The summed E-state index contributed by atoms with van der Waals surface area (Å²) in [4.78, 5) is 19.9. The number of carbonyl (C=O) groups excluding carboxylic acids is 1. The Labute approximate surface area is 121 Å². The van der Waals surface area contributed by atoms with Crippen LogP contribution in [0.2, 0.25) is 10.3 Å². The normalized spacial score (nSPS) is 30.4. The van der Waals surface area contributed by atoms with Crippen molar-refractivity contribution in [3.63, 3.8) is 0 Å². The third-order valence-electron chi connectivity index (χ3n) is 3.55. The maximum Gasteiger partial charge on any atom is 0.230 e. The molecule has 0 saturated carbocycles. The van der Waals surface area contributed by atoms with Crippen LogP contribution >= 0.6 is 23.2 Å². The molecule has 1 saturated heterocycles. The summed E-state index contributed by atoms with van der Waals surface area (Å²) in [5.74, 6) is -0.303. The van der Waals surface area contributed by atoms with E-state index < -0.39 is 0 Å². The molecule has 1 aliphatic rings. The van der Waals surface area contributed by atoms with Crippen LogP contribution in [-0.4, -0.2) is 28.1 Å². The fourth-order valence-corrected chi connectivity index (χ4v) is 2.78. The molecule has 1 aromatic rings. The molecule has 4 unspecified atom stereocenters. The molecule has 5 nitrogen and oxygen atoms in total. The van der Waals surface area contributed by atoms with E-state index in [-0.39, 0.29) is 45.9 Å². The first-order valence-electron chi connectivity index (χ1n) is 6.04. The second kappa shape index (κ2) is 5.61. The highest BCUT2D eigenvalue weighted by Crippen LogP contribution is 2.34. The smallest absolute Gasteiger partial charge is 0.230 e. The molecule has 104 valence electrons. The van der Waals surface area contributed by atoms with Crippen molar-refractivity contribution in [2.75, 3.05) is 5.32 Å². The van der Waals surface area contributed by atoms with E-state index in [0.29, 0.717) is 0 Å². The number of nitrogens with zero attached hydrogens (tertiary/aromatic N) is 2. The van der Waals surface area contributed by atoms with Crippen molar-refractivity contribution in [2.45, 2.75) is 33.0 Å². The minimum Gasteiger partial charge on any atom is -0.374 e. The molecule has 0 spiro atoms. The van der Waals surface area contributed by atoms with Gasteiger partial charge in [-0.1, -0.05) is 30.1 Å². The lowest BCUT2D eigenvalue weighted by Crippen LogP contribution is -2.32. The Kier molecular flexibility index (Phi) is 4.28. The Morgan fingerprint density at radius 1 is 1.21 bits per heavy atom. The number of amides is 1. The van der Waals surface area contributed by atoms with Crippen LogP contribution in [0.25, 0.3) is 0 Å². The third kappa shape index (κ3) is 2.83. The van der Waals surface area contributed by atoms with Gasteiger partial charge in [-0.3, -0.25) is 4.79 Å². The van der Waals surface area contributed by atoms with E-state index in [0.717, 1.165) is 0 Å². The minimum atomic E-state index is -0.248. The first-order chi connectivity index (χ1) is 8.91. The van der Waals surface area contributed by atoms with Crippen LogP contribution in [0.15, 0.2) is 6.33 Å². The molecule has 19 heavy (non-hydrogen) atoms. The van der Waals surface area contributed by atoms with E-state index in [1.165, 1.54) is 6.33 Å². The van der Waals surface area contributed by atoms with Gasteiger partial charge in [0.15, 0.2) is 10.3 Å². The Hall–Kier alpha value is -0.910. The molecule has 1 aromatic heterocycles. The predicted molar refractivity (Wildman–Crippen MR) is 73.3 cm³/mol. The summed E-state index contributed by atoms with van der Waals surface area (Å²) in [7, 11) is 0. The van der Waals surface area contributed by atoms with Gasteiger partial charge in [0.05, 0.1) is 18.1 Å². The second-order valence-electron chi connectivity index (χ2n) is 4.75. The summed E-state index contributed by atoms with van der Waals surface area (Å²) in [6.45, 7) is 5.83.